The number of nitrogens with two attached hydrogens (primary N) is 2. The van der Waals surface area contributed by atoms with Crippen LogP contribution in [0.5, 0.6) is 0 Å². The predicted molar refractivity (Wildman–Crippen MR) is 175 cm³/mol. The number of esters is 1. The summed E-state index contributed by atoms with van der Waals surface area (Å²) in [6.45, 7) is 13.5. The van der Waals surface area contributed by atoms with Gasteiger partial charge in [-0.05, 0) is 80.0 Å². The van der Waals surface area contributed by atoms with E-state index in [0.29, 0.717) is 32.4 Å². The van der Waals surface area contributed by atoms with Gasteiger partial charge in [0, 0.05) is 34.6 Å². The van der Waals surface area contributed by atoms with Crippen LogP contribution >= 0.6 is 11.8 Å². The highest BCUT2D eigenvalue weighted by Crippen LogP contribution is 2.68. The Kier molecular flexibility index (Phi) is 11.1. The van der Waals surface area contributed by atoms with E-state index in [0.717, 1.165) is 42.6 Å². The lowest BCUT2D eigenvalue weighted by Gasteiger charge is -2.61. The zero-order valence-electron chi connectivity index (χ0n) is 27.0. The largest absolute Gasteiger partial charge is 0.461 e. The van der Waals surface area contributed by atoms with E-state index in [1.165, 1.54) is 11.8 Å². The molecular formula is C35H53N3O5S. The zero-order chi connectivity index (χ0) is 32.3. The molecule has 9 atom stereocenters. The Balaban J connectivity index is 1.46. The predicted octanol–water partition coefficient (Wildman–Crippen LogP) is 4.76. The molecule has 3 fully saturated rings. The normalized spacial score (nSPS) is 35.6. The fourth-order valence-electron chi connectivity index (χ4n) is 8.54. The molecule has 0 heterocycles. The number of unbranched alkanes of at least 4 members (excludes halogenated alkanes) is 1. The van der Waals surface area contributed by atoms with Gasteiger partial charge in [0.15, 0.2) is 0 Å². The van der Waals surface area contributed by atoms with Crippen molar-refractivity contribution in [3.63, 3.8) is 0 Å². The Morgan fingerprint density at radius 3 is 2.70 bits per heavy atom. The van der Waals surface area contributed by atoms with Crippen LogP contribution in [0.1, 0.15) is 84.6 Å². The Hall–Kier alpha value is -2.20. The number of carbonyl (C=O) groups is 3. The molecule has 44 heavy (non-hydrogen) atoms. The monoisotopic (exact) mass is 627 g/mol. The first-order valence-corrected chi connectivity index (χ1v) is 17.3. The van der Waals surface area contributed by atoms with Crippen molar-refractivity contribution in [1.82, 2.24) is 5.32 Å². The SMILES string of the molecule is C=C[C@]1(C)C[C@@H](OC(=O)CSc2cccc(CNC(=O)[C@H](N)CCCCN)c2)[C@]2(C)C(C)CCC3(CCC(=O)C32)[C@@H](C)[C@@H]1O. The molecule has 8 nitrogen and oxygen atoms in total. The number of rotatable bonds is 12. The highest BCUT2D eigenvalue weighted by atomic mass is 32.2. The van der Waals surface area contributed by atoms with Gasteiger partial charge in [-0.15, -0.1) is 18.3 Å². The summed E-state index contributed by atoms with van der Waals surface area (Å²) >= 11 is 1.38. The fraction of sp³-hybridized carbons (Fsp3) is 0.686. The minimum absolute atomic E-state index is 0.0649. The summed E-state index contributed by atoms with van der Waals surface area (Å²) in [5.74, 6) is -0.304. The molecule has 9 heteroatoms. The lowest BCUT2D eigenvalue weighted by atomic mass is 9.44. The molecule has 0 saturated heterocycles. The Labute approximate surface area is 267 Å². The Morgan fingerprint density at radius 1 is 1.25 bits per heavy atom. The van der Waals surface area contributed by atoms with Crippen LogP contribution in [-0.2, 0) is 25.7 Å². The number of amides is 1. The minimum atomic E-state index is -0.689. The van der Waals surface area contributed by atoms with E-state index in [9.17, 15) is 19.5 Å². The van der Waals surface area contributed by atoms with Crippen LogP contribution in [0.25, 0.3) is 0 Å². The van der Waals surface area contributed by atoms with Crippen molar-refractivity contribution in [2.45, 2.75) is 109 Å². The molecule has 0 aliphatic heterocycles. The van der Waals surface area contributed by atoms with Gasteiger partial charge in [-0.1, -0.05) is 52.3 Å². The molecule has 0 aromatic heterocycles. The number of thioether (sulfide) groups is 1. The van der Waals surface area contributed by atoms with Gasteiger partial charge < -0.3 is 26.6 Å². The maximum Gasteiger partial charge on any atom is 0.316 e. The van der Waals surface area contributed by atoms with Crippen LogP contribution in [0.2, 0.25) is 0 Å². The van der Waals surface area contributed by atoms with E-state index in [-0.39, 0.29) is 46.6 Å². The first-order valence-electron chi connectivity index (χ1n) is 16.3. The van der Waals surface area contributed by atoms with Crippen LogP contribution in [0.15, 0.2) is 41.8 Å². The van der Waals surface area contributed by atoms with Crippen LogP contribution in [0.3, 0.4) is 0 Å². The first kappa shape index (κ1) is 34.7. The maximum atomic E-state index is 13.6. The van der Waals surface area contributed by atoms with E-state index in [4.69, 9.17) is 16.2 Å². The number of nitrogens with one attached hydrogen (secondary N) is 1. The topological polar surface area (TPSA) is 145 Å². The average molecular weight is 628 g/mol. The third-order valence-corrected chi connectivity index (χ3v) is 12.6. The van der Waals surface area contributed by atoms with Crippen molar-refractivity contribution in [2.24, 2.45) is 45.5 Å². The van der Waals surface area contributed by atoms with Gasteiger partial charge in [0.2, 0.25) is 5.91 Å². The first-order chi connectivity index (χ1) is 20.8. The van der Waals surface area contributed by atoms with Gasteiger partial charge in [0.1, 0.15) is 11.9 Å². The van der Waals surface area contributed by atoms with Crippen molar-refractivity contribution >= 4 is 29.4 Å². The summed E-state index contributed by atoms with van der Waals surface area (Å²) < 4.78 is 6.37. The summed E-state index contributed by atoms with van der Waals surface area (Å²) in [5.41, 5.74) is 10.9. The molecule has 3 aliphatic rings. The van der Waals surface area contributed by atoms with E-state index in [1.54, 1.807) is 0 Å². The van der Waals surface area contributed by atoms with Crippen LogP contribution in [0, 0.1) is 34.0 Å². The lowest BCUT2D eigenvalue weighted by molar-refractivity contribution is -0.205. The zero-order valence-corrected chi connectivity index (χ0v) is 27.8. The van der Waals surface area contributed by atoms with E-state index in [2.05, 4.69) is 32.7 Å². The third kappa shape index (κ3) is 6.67. The number of Topliss-reactive ketones (excluding diaryl/α,β-unsaturated/α-hetero) is 1. The Morgan fingerprint density at radius 2 is 2.00 bits per heavy atom. The lowest BCUT2D eigenvalue weighted by Crippen LogP contribution is -2.63. The highest BCUT2D eigenvalue weighted by Gasteiger charge is 2.68. The molecule has 2 bridgehead atoms. The van der Waals surface area contributed by atoms with Crippen molar-refractivity contribution in [2.75, 3.05) is 12.3 Å². The van der Waals surface area contributed by atoms with Gasteiger partial charge in [0.25, 0.3) is 0 Å². The van der Waals surface area contributed by atoms with Crippen molar-refractivity contribution in [1.29, 1.82) is 0 Å². The summed E-state index contributed by atoms with van der Waals surface area (Å²) in [6, 6.07) is 7.15. The molecule has 4 rings (SSSR count). The van der Waals surface area contributed by atoms with E-state index >= 15 is 0 Å². The third-order valence-electron chi connectivity index (χ3n) is 11.6. The number of ketones is 1. The van der Waals surface area contributed by atoms with Crippen molar-refractivity contribution in [3.8, 4) is 0 Å². The second kappa shape index (κ2) is 14.1. The minimum Gasteiger partial charge on any atom is -0.461 e. The van der Waals surface area contributed by atoms with Gasteiger partial charge in [0.05, 0.1) is 17.9 Å². The summed E-state index contributed by atoms with van der Waals surface area (Å²) in [5, 5.41) is 14.6. The van der Waals surface area contributed by atoms with Gasteiger partial charge in [-0.3, -0.25) is 14.4 Å². The molecule has 1 aromatic carbocycles. The van der Waals surface area contributed by atoms with Crippen LogP contribution < -0.4 is 16.8 Å². The molecule has 244 valence electrons. The summed E-state index contributed by atoms with van der Waals surface area (Å²) in [6.07, 6.45) is 6.41. The number of aliphatic hydroxyl groups is 1. The molecule has 3 unspecified atom stereocenters. The second-order valence-corrected chi connectivity index (χ2v) is 15.2. The number of aliphatic hydroxyl groups excluding tert-OH is 1. The molecular weight excluding hydrogens is 574 g/mol. The summed E-state index contributed by atoms with van der Waals surface area (Å²) in [4.78, 5) is 40.4. The quantitative estimate of drug-likeness (QED) is 0.112. The Bertz CT molecular complexity index is 1230. The average Bonchev–Trinajstić information content (AvgIpc) is 3.37. The van der Waals surface area contributed by atoms with Crippen LogP contribution in [0.4, 0.5) is 0 Å². The van der Waals surface area contributed by atoms with Crippen molar-refractivity contribution < 1.29 is 24.2 Å². The molecule has 1 amide bonds. The number of hydrogen-bond donors (Lipinski definition) is 4. The molecule has 0 radical (unpaired) electrons. The number of carbonyl (C=O) groups excluding carboxylic acids is 3. The molecule has 3 saturated carbocycles. The molecule has 0 spiro atoms. The standard InChI is InChI=1S/C35H53N3O5S/c1-6-33(4)19-28(34(5)22(2)13-15-35(23(3)31(33)41)16-14-27(39)30(34)35)43-29(40)21-44-25-11-9-10-24(18-25)20-38-32(42)26(37)12-7-8-17-36/h6,9-11,18,22-23,26,28,30-31,41H,1,7-8,12-17,19-21,36-37H2,2-5H3,(H,38,42)/t22?,23-,26+,28+,30?,31-,33+,34-,35?/m0/s1. The van der Waals surface area contributed by atoms with E-state index < -0.39 is 29.1 Å². The molecule has 1 aromatic rings. The van der Waals surface area contributed by atoms with Crippen LogP contribution in [-0.4, -0.2) is 53.3 Å². The smallest absolute Gasteiger partial charge is 0.316 e. The number of hydrogen-bond acceptors (Lipinski definition) is 8. The molecule has 6 N–H and O–H groups in total. The van der Waals surface area contributed by atoms with E-state index in [1.807, 2.05) is 37.3 Å². The number of benzene rings is 1. The maximum absolute atomic E-state index is 13.6. The highest BCUT2D eigenvalue weighted by molar-refractivity contribution is 8.00. The second-order valence-electron chi connectivity index (χ2n) is 14.1. The fourth-order valence-corrected chi connectivity index (χ4v) is 9.30. The van der Waals surface area contributed by atoms with Gasteiger partial charge in [-0.2, -0.15) is 0 Å². The molecule has 3 aliphatic carbocycles. The number of ether oxygens (including phenoxy) is 1. The summed E-state index contributed by atoms with van der Waals surface area (Å²) in [7, 11) is 0. The van der Waals surface area contributed by atoms with Gasteiger partial charge >= 0.3 is 5.97 Å². The van der Waals surface area contributed by atoms with Gasteiger partial charge in [-0.25, -0.2) is 0 Å². The van der Waals surface area contributed by atoms with Crippen molar-refractivity contribution in [3.05, 3.63) is 42.5 Å².